The van der Waals surface area contributed by atoms with E-state index in [-0.39, 0.29) is 30.1 Å². The second-order valence-corrected chi connectivity index (χ2v) is 8.28. The average molecular weight is 439 g/mol. The fourth-order valence-corrected chi connectivity index (χ4v) is 4.09. The van der Waals surface area contributed by atoms with Gasteiger partial charge in [0, 0.05) is 56.1 Å². The van der Waals surface area contributed by atoms with Gasteiger partial charge in [0.25, 0.3) is 5.91 Å². The van der Waals surface area contributed by atoms with Gasteiger partial charge in [-0.25, -0.2) is 4.39 Å². The highest BCUT2D eigenvalue weighted by Crippen LogP contribution is 2.24. The van der Waals surface area contributed by atoms with E-state index in [1.165, 1.54) is 6.07 Å². The normalized spacial score (nSPS) is 17.0. The zero-order valence-electron chi connectivity index (χ0n) is 18.1. The van der Waals surface area contributed by atoms with Crippen LogP contribution in [0.15, 0.2) is 42.5 Å². The maximum atomic E-state index is 13.8. The van der Waals surface area contributed by atoms with Gasteiger partial charge in [-0.15, -0.1) is 0 Å². The highest BCUT2D eigenvalue weighted by molar-refractivity contribution is 5.97. The molecular weight excluding hydrogens is 411 g/mol. The van der Waals surface area contributed by atoms with Crippen molar-refractivity contribution in [3.63, 3.8) is 0 Å². The molecular formula is C24H27FN4O3. The van der Waals surface area contributed by atoms with Crippen LogP contribution in [0.3, 0.4) is 0 Å². The van der Waals surface area contributed by atoms with Gasteiger partial charge >= 0.3 is 0 Å². The third-order valence-electron chi connectivity index (χ3n) is 5.96. The van der Waals surface area contributed by atoms with Crippen LogP contribution in [0, 0.1) is 12.7 Å². The Morgan fingerprint density at radius 1 is 1.03 bits per heavy atom. The minimum absolute atomic E-state index is 0.106. The molecule has 4 rings (SSSR count). The van der Waals surface area contributed by atoms with Gasteiger partial charge < -0.3 is 15.1 Å². The van der Waals surface area contributed by atoms with Gasteiger partial charge in [0.05, 0.1) is 6.54 Å². The zero-order chi connectivity index (χ0) is 22.7. The fraction of sp³-hybridized carbons (Fsp3) is 0.375. The van der Waals surface area contributed by atoms with E-state index in [9.17, 15) is 18.8 Å². The lowest BCUT2D eigenvalue weighted by atomic mass is 10.1. The molecule has 7 nitrogen and oxygen atoms in total. The Kier molecular flexibility index (Phi) is 6.50. The number of piperazine rings is 1. The van der Waals surface area contributed by atoms with Crippen molar-refractivity contribution in [3.8, 4) is 0 Å². The van der Waals surface area contributed by atoms with Gasteiger partial charge in [0.15, 0.2) is 0 Å². The quantitative estimate of drug-likeness (QED) is 0.779. The van der Waals surface area contributed by atoms with Gasteiger partial charge in [-0.05, 0) is 49.2 Å². The van der Waals surface area contributed by atoms with Crippen LogP contribution in [0.2, 0.25) is 0 Å². The molecule has 0 saturated carbocycles. The molecule has 2 aliphatic rings. The van der Waals surface area contributed by atoms with Crippen LogP contribution in [-0.2, 0) is 9.59 Å². The summed E-state index contributed by atoms with van der Waals surface area (Å²) in [6.45, 7) is 4.67. The number of aryl methyl sites for hydroxylation is 1. The number of rotatable bonds is 5. The summed E-state index contributed by atoms with van der Waals surface area (Å²) in [5.74, 6) is -0.616. The number of nitrogens with one attached hydrogen (secondary N) is 1. The van der Waals surface area contributed by atoms with Crippen molar-refractivity contribution in [2.45, 2.75) is 19.8 Å². The van der Waals surface area contributed by atoms with Crippen molar-refractivity contribution >= 4 is 29.1 Å². The second kappa shape index (κ2) is 9.48. The van der Waals surface area contributed by atoms with Gasteiger partial charge in [-0.3, -0.25) is 19.3 Å². The van der Waals surface area contributed by atoms with Gasteiger partial charge in [-0.1, -0.05) is 12.1 Å². The number of carbonyl (C=O) groups is 3. The number of halogens is 1. The highest BCUT2D eigenvalue weighted by Gasteiger charge is 2.24. The zero-order valence-corrected chi connectivity index (χ0v) is 18.1. The monoisotopic (exact) mass is 438 g/mol. The lowest BCUT2D eigenvalue weighted by Crippen LogP contribution is -2.50. The standard InChI is InChI=1S/C24H27FN4O3/c1-17-7-8-18(14-21(17)25)24(32)28-12-10-27(11-13-28)16-22(30)26-19-4-2-5-20(15-19)29-9-3-6-23(29)31/h2,4-5,7-8,14-15H,3,6,9-13,16H2,1H3,(H,26,30). The summed E-state index contributed by atoms with van der Waals surface area (Å²) < 4.78 is 13.8. The van der Waals surface area contributed by atoms with Crippen molar-refractivity contribution in [1.82, 2.24) is 9.80 Å². The first-order chi connectivity index (χ1) is 15.4. The molecule has 0 radical (unpaired) electrons. The smallest absolute Gasteiger partial charge is 0.254 e. The number of anilines is 2. The first kappa shape index (κ1) is 22.0. The summed E-state index contributed by atoms with van der Waals surface area (Å²) in [6, 6.07) is 11.9. The molecule has 0 unspecified atom stereocenters. The van der Waals surface area contributed by atoms with Gasteiger partial charge in [0.1, 0.15) is 5.82 Å². The number of nitrogens with zero attached hydrogens (tertiary/aromatic N) is 3. The second-order valence-electron chi connectivity index (χ2n) is 8.28. The predicted octanol–water partition coefficient (Wildman–Crippen LogP) is 2.66. The minimum Gasteiger partial charge on any atom is -0.336 e. The Morgan fingerprint density at radius 2 is 1.81 bits per heavy atom. The van der Waals surface area contributed by atoms with Crippen LogP contribution in [0.1, 0.15) is 28.8 Å². The molecule has 0 atom stereocenters. The Morgan fingerprint density at radius 3 is 2.50 bits per heavy atom. The summed E-state index contributed by atoms with van der Waals surface area (Å²) in [7, 11) is 0. The van der Waals surface area contributed by atoms with Crippen molar-refractivity contribution < 1.29 is 18.8 Å². The first-order valence-electron chi connectivity index (χ1n) is 10.9. The Hall–Kier alpha value is -3.26. The van der Waals surface area contributed by atoms with E-state index < -0.39 is 0 Å². The lowest BCUT2D eigenvalue weighted by Gasteiger charge is -2.34. The molecule has 3 amide bonds. The molecule has 32 heavy (non-hydrogen) atoms. The number of hydrogen-bond acceptors (Lipinski definition) is 4. The molecule has 0 bridgehead atoms. The summed E-state index contributed by atoms with van der Waals surface area (Å²) >= 11 is 0. The van der Waals surface area contributed by atoms with Crippen LogP contribution in [-0.4, -0.2) is 66.8 Å². The lowest BCUT2D eigenvalue weighted by molar-refractivity contribution is -0.118. The molecule has 2 heterocycles. The highest BCUT2D eigenvalue weighted by atomic mass is 19.1. The van der Waals surface area contributed by atoms with Crippen molar-refractivity contribution in [2.24, 2.45) is 0 Å². The van der Waals surface area contributed by atoms with Gasteiger partial charge in [0.2, 0.25) is 11.8 Å². The fourth-order valence-electron chi connectivity index (χ4n) is 4.09. The summed E-state index contributed by atoms with van der Waals surface area (Å²) in [4.78, 5) is 42.5. The predicted molar refractivity (Wildman–Crippen MR) is 120 cm³/mol. The topological polar surface area (TPSA) is 73.0 Å². The number of hydrogen-bond donors (Lipinski definition) is 1. The molecule has 0 aromatic heterocycles. The number of benzene rings is 2. The Bertz CT molecular complexity index is 1030. The molecule has 2 aromatic carbocycles. The van der Waals surface area contributed by atoms with Crippen LogP contribution in [0.5, 0.6) is 0 Å². The third kappa shape index (κ3) is 4.96. The Balaban J connectivity index is 1.28. The minimum atomic E-state index is -0.385. The van der Waals surface area contributed by atoms with E-state index in [1.807, 2.05) is 23.1 Å². The maximum absolute atomic E-state index is 13.8. The molecule has 0 aliphatic carbocycles. The SMILES string of the molecule is Cc1ccc(C(=O)N2CCN(CC(=O)Nc3cccc(N4CCCC4=O)c3)CC2)cc1F. The molecule has 2 aliphatic heterocycles. The van der Waals surface area contributed by atoms with E-state index in [2.05, 4.69) is 5.32 Å². The van der Waals surface area contributed by atoms with Gasteiger partial charge in [-0.2, -0.15) is 0 Å². The average Bonchev–Trinajstić information content (AvgIpc) is 3.22. The van der Waals surface area contributed by atoms with Crippen LogP contribution >= 0.6 is 0 Å². The van der Waals surface area contributed by atoms with Crippen LogP contribution < -0.4 is 10.2 Å². The maximum Gasteiger partial charge on any atom is 0.254 e. The summed E-state index contributed by atoms with van der Waals surface area (Å²) in [5, 5.41) is 2.90. The molecule has 0 spiro atoms. The number of amides is 3. The largest absolute Gasteiger partial charge is 0.336 e. The molecule has 168 valence electrons. The summed E-state index contributed by atoms with van der Waals surface area (Å²) in [6.07, 6.45) is 1.41. The van der Waals surface area contributed by atoms with Crippen LogP contribution in [0.4, 0.5) is 15.8 Å². The van der Waals surface area contributed by atoms with Crippen molar-refractivity contribution in [1.29, 1.82) is 0 Å². The van der Waals surface area contributed by atoms with E-state index in [0.29, 0.717) is 56.0 Å². The molecule has 2 fully saturated rings. The van der Waals surface area contributed by atoms with Crippen molar-refractivity contribution in [2.75, 3.05) is 49.5 Å². The van der Waals surface area contributed by atoms with E-state index in [0.717, 1.165) is 12.1 Å². The van der Waals surface area contributed by atoms with E-state index in [4.69, 9.17) is 0 Å². The summed E-state index contributed by atoms with van der Waals surface area (Å²) in [5.41, 5.74) is 2.30. The number of carbonyl (C=O) groups excluding carboxylic acids is 3. The molecule has 8 heteroatoms. The van der Waals surface area contributed by atoms with Crippen LogP contribution in [0.25, 0.3) is 0 Å². The van der Waals surface area contributed by atoms with Crippen molar-refractivity contribution in [3.05, 3.63) is 59.4 Å². The molecule has 1 N–H and O–H groups in total. The first-order valence-corrected chi connectivity index (χ1v) is 10.9. The third-order valence-corrected chi connectivity index (χ3v) is 5.96. The molecule has 2 aromatic rings. The van der Waals surface area contributed by atoms with E-state index in [1.54, 1.807) is 34.9 Å². The Labute approximate surface area is 186 Å². The molecule has 2 saturated heterocycles. The van der Waals surface area contributed by atoms with E-state index >= 15 is 0 Å².